The summed E-state index contributed by atoms with van der Waals surface area (Å²) < 4.78 is 1.89. The van der Waals surface area contributed by atoms with Gasteiger partial charge in [0.05, 0.1) is 0 Å². The summed E-state index contributed by atoms with van der Waals surface area (Å²) in [5, 5.41) is 10.3. The Morgan fingerprint density at radius 2 is 2.00 bits per heavy atom. The molecule has 0 bridgehead atoms. The van der Waals surface area contributed by atoms with Gasteiger partial charge in [-0.2, -0.15) is 0 Å². The second-order valence-electron chi connectivity index (χ2n) is 6.21. The minimum atomic E-state index is -0.833. The minimum absolute atomic E-state index is 0.0214. The molecule has 5 heteroatoms. The van der Waals surface area contributed by atoms with Gasteiger partial charge in [-0.3, -0.25) is 9.59 Å². The van der Waals surface area contributed by atoms with E-state index in [1.54, 1.807) is 0 Å². The molecule has 114 valence electrons. The lowest BCUT2D eigenvalue weighted by atomic mass is 10.0. The molecule has 1 aromatic carbocycles. The number of aliphatic carboxylic acids is 1. The fourth-order valence-corrected chi connectivity index (χ4v) is 3.49. The van der Waals surface area contributed by atoms with Gasteiger partial charge >= 0.3 is 5.97 Å². The number of hydrogen-bond acceptors (Lipinski definition) is 2. The van der Waals surface area contributed by atoms with Crippen LogP contribution >= 0.6 is 0 Å². The molecule has 1 N–H and O–H groups in total. The van der Waals surface area contributed by atoms with Crippen LogP contribution in [0.1, 0.15) is 24.1 Å². The first-order valence-corrected chi connectivity index (χ1v) is 7.74. The highest BCUT2D eigenvalue weighted by atomic mass is 16.4. The Hall–Kier alpha value is -2.30. The molecule has 0 spiro atoms. The van der Waals surface area contributed by atoms with E-state index in [-0.39, 0.29) is 18.4 Å². The highest BCUT2D eigenvalue weighted by Gasteiger charge is 2.35. The van der Waals surface area contributed by atoms with Crippen LogP contribution in [0.3, 0.4) is 0 Å². The number of carbonyl (C=O) groups is 2. The highest BCUT2D eigenvalue weighted by Crippen LogP contribution is 2.35. The molecule has 2 heterocycles. The molecule has 1 aromatic heterocycles. The van der Waals surface area contributed by atoms with Gasteiger partial charge in [0.1, 0.15) is 6.54 Å². The van der Waals surface area contributed by atoms with Crippen molar-refractivity contribution in [1.29, 1.82) is 0 Å². The third-order valence-electron chi connectivity index (χ3n) is 4.69. The van der Waals surface area contributed by atoms with Gasteiger partial charge in [-0.25, -0.2) is 0 Å². The van der Waals surface area contributed by atoms with Crippen LogP contribution in [0, 0.1) is 5.92 Å². The van der Waals surface area contributed by atoms with Crippen molar-refractivity contribution in [3.63, 3.8) is 0 Å². The fourth-order valence-electron chi connectivity index (χ4n) is 3.49. The van der Waals surface area contributed by atoms with E-state index in [0.29, 0.717) is 13.1 Å². The second-order valence-corrected chi connectivity index (χ2v) is 6.21. The van der Waals surface area contributed by atoms with E-state index < -0.39 is 5.97 Å². The molecule has 0 unspecified atom stereocenters. The number of rotatable bonds is 3. The molecule has 1 saturated carbocycles. The largest absolute Gasteiger partial charge is 0.480 e. The van der Waals surface area contributed by atoms with Crippen LogP contribution < -0.4 is 0 Å². The predicted molar refractivity (Wildman–Crippen MR) is 81.4 cm³/mol. The van der Waals surface area contributed by atoms with Crippen LogP contribution in [0.25, 0.3) is 10.9 Å². The fraction of sp³-hybridized carbons (Fsp3) is 0.412. The van der Waals surface area contributed by atoms with Gasteiger partial charge in [0.25, 0.3) is 0 Å². The molecule has 0 saturated heterocycles. The van der Waals surface area contributed by atoms with E-state index in [4.69, 9.17) is 0 Å². The van der Waals surface area contributed by atoms with Crippen molar-refractivity contribution in [2.75, 3.05) is 6.54 Å². The van der Waals surface area contributed by atoms with Crippen LogP contribution in [0.4, 0.5) is 0 Å². The van der Waals surface area contributed by atoms with E-state index in [1.807, 2.05) is 33.7 Å². The van der Waals surface area contributed by atoms with Crippen molar-refractivity contribution >= 4 is 22.8 Å². The number of benzene rings is 1. The SMILES string of the molecule is O=C(O)Cn1c2c(c3ccccc31)CN(C(=O)C1CC1)CC2. The lowest BCUT2D eigenvalue weighted by Gasteiger charge is -2.28. The number of aromatic nitrogens is 1. The second kappa shape index (κ2) is 4.87. The number of fused-ring (bicyclic) bond motifs is 3. The molecule has 5 nitrogen and oxygen atoms in total. The van der Waals surface area contributed by atoms with Crippen molar-refractivity contribution in [2.24, 2.45) is 5.92 Å². The lowest BCUT2D eigenvalue weighted by molar-refractivity contribution is -0.138. The maximum absolute atomic E-state index is 12.3. The summed E-state index contributed by atoms with van der Waals surface area (Å²) in [4.78, 5) is 25.4. The monoisotopic (exact) mass is 298 g/mol. The molecule has 1 aliphatic heterocycles. The maximum atomic E-state index is 12.3. The maximum Gasteiger partial charge on any atom is 0.323 e. The Bertz CT molecular complexity index is 774. The summed E-state index contributed by atoms with van der Waals surface area (Å²) in [7, 11) is 0. The van der Waals surface area contributed by atoms with E-state index in [2.05, 4.69) is 0 Å². The Labute approximate surface area is 128 Å². The summed E-state index contributed by atoms with van der Waals surface area (Å²) >= 11 is 0. The first-order valence-electron chi connectivity index (χ1n) is 7.74. The molecule has 2 aromatic rings. The molecule has 1 amide bonds. The molecule has 0 radical (unpaired) electrons. The molecule has 22 heavy (non-hydrogen) atoms. The van der Waals surface area contributed by atoms with Crippen molar-refractivity contribution in [1.82, 2.24) is 9.47 Å². The van der Waals surface area contributed by atoms with E-state index in [9.17, 15) is 14.7 Å². The molecule has 1 fully saturated rings. The Morgan fingerprint density at radius 3 is 2.73 bits per heavy atom. The third kappa shape index (κ3) is 2.08. The van der Waals surface area contributed by atoms with Crippen molar-refractivity contribution < 1.29 is 14.7 Å². The molecule has 2 aliphatic rings. The van der Waals surface area contributed by atoms with Crippen LogP contribution in [-0.4, -0.2) is 33.0 Å². The quantitative estimate of drug-likeness (QED) is 0.943. The van der Waals surface area contributed by atoms with Crippen molar-refractivity contribution in [2.45, 2.75) is 32.4 Å². The number of para-hydroxylation sites is 1. The van der Waals surface area contributed by atoms with Gasteiger partial charge in [0, 0.05) is 47.6 Å². The van der Waals surface area contributed by atoms with Crippen LogP contribution in [0.5, 0.6) is 0 Å². The molecule has 4 rings (SSSR count). The third-order valence-corrected chi connectivity index (χ3v) is 4.69. The van der Waals surface area contributed by atoms with E-state index in [1.165, 1.54) is 0 Å². The highest BCUT2D eigenvalue weighted by molar-refractivity contribution is 5.88. The number of nitrogens with zero attached hydrogens (tertiary/aromatic N) is 2. The average Bonchev–Trinajstić information content (AvgIpc) is 3.32. The topological polar surface area (TPSA) is 62.5 Å². The minimum Gasteiger partial charge on any atom is -0.480 e. The van der Waals surface area contributed by atoms with Gasteiger partial charge in [-0.15, -0.1) is 0 Å². The van der Waals surface area contributed by atoms with Crippen LogP contribution in [-0.2, 0) is 29.1 Å². The summed E-state index contributed by atoms with van der Waals surface area (Å²) in [5.74, 6) is -0.338. The summed E-state index contributed by atoms with van der Waals surface area (Å²) in [6.45, 7) is 1.28. The zero-order valence-corrected chi connectivity index (χ0v) is 12.3. The van der Waals surface area contributed by atoms with Gasteiger partial charge in [0.15, 0.2) is 0 Å². The summed E-state index contributed by atoms with van der Waals surface area (Å²) in [6, 6.07) is 7.88. The standard InChI is InChI=1S/C17H18N2O3/c20-16(21)10-19-14-4-2-1-3-12(14)13-9-18(8-7-15(13)19)17(22)11-5-6-11/h1-4,11H,5-10H2,(H,20,21). The summed E-state index contributed by atoms with van der Waals surface area (Å²) in [6.07, 6.45) is 2.77. The number of carbonyl (C=O) groups excluding carboxylic acids is 1. The van der Waals surface area contributed by atoms with Crippen LogP contribution in [0.2, 0.25) is 0 Å². The van der Waals surface area contributed by atoms with Crippen molar-refractivity contribution in [3.8, 4) is 0 Å². The van der Waals surface area contributed by atoms with Gasteiger partial charge in [0.2, 0.25) is 5.91 Å². The van der Waals surface area contributed by atoms with Gasteiger partial charge in [-0.05, 0) is 18.9 Å². The first-order chi connectivity index (χ1) is 10.6. The number of carboxylic acid groups (broad SMARTS) is 1. The smallest absolute Gasteiger partial charge is 0.323 e. The number of carboxylic acids is 1. The molecule has 1 aliphatic carbocycles. The Balaban J connectivity index is 1.77. The lowest BCUT2D eigenvalue weighted by Crippen LogP contribution is -2.37. The normalized spacial score (nSPS) is 17.5. The average molecular weight is 298 g/mol. The molecule has 0 atom stereocenters. The van der Waals surface area contributed by atoms with Crippen molar-refractivity contribution in [3.05, 3.63) is 35.5 Å². The van der Waals surface area contributed by atoms with Gasteiger partial charge in [-0.1, -0.05) is 18.2 Å². The Kier molecular flexibility index (Phi) is 2.96. The van der Waals surface area contributed by atoms with E-state index >= 15 is 0 Å². The Morgan fingerprint density at radius 1 is 1.23 bits per heavy atom. The summed E-state index contributed by atoms with van der Waals surface area (Å²) in [5.41, 5.74) is 3.15. The predicted octanol–water partition coefficient (Wildman–Crippen LogP) is 2.02. The molecular weight excluding hydrogens is 280 g/mol. The first kappa shape index (κ1) is 13.4. The number of amides is 1. The van der Waals surface area contributed by atoms with Gasteiger partial charge < -0.3 is 14.6 Å². The number of hydrogen-bond donors (Lipinski definition) is 1. The van der Waals surface area contributed by atoms with E-state index in [0.717, 1.165) is 41.4 Å². The molecular formula is C17H18N2O3. The zero-order valence-electron chi connectivity index (χ0n) is 12.3. The zero-order chi connectivity index (χ0) is 15.3. The van der Waals surface area contributed by atoms with Crippen LogP contribution in [0.15, 0.2) is 24.3 Å².